The van der Waals surface area contributed by atoms with Crippen molar-refractivity contribution in [2.45, 2.75) is 26.3 Å². The highest BCUT2D eigenvalue weighted by atomic mass is 16.5. The minimum Gasteiger partial charge on any atom is -0.423 e. The molecule has 0 aliphatic carbocycles. The van der Waals surface area contributed by atoms with Crippen LogP contribution in [0.1, 0.15) is 31.9 Å². The highest BCUT2D eigenvalue weighted by molar-refractivity contribution is 5.89. The summed E-state index contributed by atoms with van der Waals surface area (Å²) in [5, 5.41) is 3.46. The van der Waals surface area contributed by atoms with Crippen LogP contribution >= 0.6 is 0 Å². The number of fused-ring (bicyclic) bond motifs is 1. The summed E-state index contributed by atoms with van der Waals surface area (Å²) in [4.78, 5) is 12.0. The Bertz CT molecular complexity index is 817. The molecule has 1 heterocycles. The van der Waals surface area contributed by atoms with Crippen LogP contribution in [0.4, 0.5) is 5.69 Å². The fourth-order valence-corrected chi connectivity index (χ4v) is 2.90. The molecule has 0 aromatic heterocycles. The van der Waals surface area contributed by atoms with Gasteiger partial charge < -0.3 is 10.1 Å². The molecule has 3 nitrogen and oxygen atoms in total. The first-order valence-corrected chi connectivity index (χ1v) is 8.00. The highest BCUT2D eigenvalue weighted by Crippen LogP contribution is 2.35. The third-order valence-electron chi connectivity index (χ3n) is 3.88. The molecule has 2 aromatic rings. The summed E-state index contributed by atoms with van der Waals surface area (Å²) in [5.74, 6) is 0.162. The van der Waals surface area contributed by atoms with Gasteiger partial charge in [-0.2, -0.15) is 0 Å². The first-order valence-electron chi connectivity index (χ1n) is 8.00. The maximum absolute atomic E-state index is 12.0. The Morgan fingerprint density at radius 2 is 1.88 bits per heavy atom. The summed E-state index contributed by atoms with van der Waals surface area (Å²) in [6, 6.07) is 15.3. The lowest BCUT2D eigenvalue weighted by Gasteiger charge is -2.31. The van der Waals surface area contributed by atoms with Crippen molar-refractivity contribution < 1.29 is 9.53 Å². The fourth-order valence-electron chi connectivity index (χ4n) is 2.90. The first-order chi connectivity index (χ1) is 11.4. The number of esters is 1. The lowest BCUT2D eigenvalue weighted by Crippen LogP contribution is -2.31. The van der Waals surface area contributed by atoms with E-state index in [-0.39, 0.29) is 11.5 Å². The van der Waals surface area contributed by atoms with Crippen LogP contribution in [-0.4, -0.2) is 11.5 Å². The van der Waals surface area contributed by atoms with Crippen molar-refractivity contribution >= 4 is 23.3 Å². The van der Waals surface area contributed by atoms with Gasteiger partial charge in [0, 0.05) is 17.3 Å². The minimum atomic E-state index is -0.385. The monoisotopic (exact) mass is 319 g/mol. The van der Waals surface area contributed by atoms with Gasteiger partial charge in [-0.1, -0.05) is 36.4 Å². The maximum Gasteiger partial charge on any atom is 0.336 e. The number of hydrogen-bond acceptors (Lipinski definition) is 3. The molecule has 0 amide bonds. The fraction of sp³-hybridized carbons (Fsp3) is 0.190. The zero-order chi connectivity index (χ0) is 17.2. The van der Waals surface area contributed by atoms with Crippen molar-refractivity contribution in [2.75, 3.05) is 5.32 Å². The van der Waals surface area contributed by atoms with Gasteiger partial charge in [0.25, 0.3) is 0 Å². The van der Waals surface area contributed by atoms with Crippen LogP contribution in [-0.2, 0) is 4.79 Å². The summed E-state index contributed by atoms with van der Waals surface area (Å²) in [5.41, 5.74) is 4.18. The van der Waals surface area contributed by atoms with Gasteiger partial charge >= 0.3 is 5.97 Å². The molecule has 0 saturated carbocycles. The van der Waals surface area contributed by atoms with E-state index in [0.717, 1.165) is 16.8 Å². The molecule has 24 heavy (non-hydrogen) atoms. The van der Waals surface area contributed by atoms with E-state index in [1.807, 2.05) is 48.5 Å². The van der Waals surface area contributed by atoms with Crippen molar-refractivity contribution in [3.8, 4) is 5.75 Å². The van der Waals surface area contributed by atoms with E-state index < -0.39 is 0 Å². The molecule has 0 bridgehead atoms. The third kappa shape index (κ3) is 3.74. The molecule has 1 aliphatic heterocycles. The summed E-state index contributed by atoms with van der Waals surface area (Å²) in [7, 11) is 0. The van der Waals surface area contributed by atoms with E-state index in [2.05, 4.69) is 32.2 Å². The van der Waals surface area contributed by atoms with Crippen molar-refractivity contribution in [3.63, 3.8) is 0 Å². The topological polar surface area (TPSA) is 38.3 Å². The molecule has 0 fully saturated rings. The van der Waals surface area contributed by atoms with Crippen LogP contribution in [0.3, 0.4) is 0 Å². The maximum atomic E-state index is 12.0. The largest absolute Gasteiger partial charge is 0.423 e. The molecule has 0 atom stereocenters. The number of hydrogen-bond donors (Lipinski definition) is 1. The molecular weight excluding hydrogens is 298 g/mol. The normalized spacial score (nSPS) is 15.4. The number of nitrogens with one attached hydrogen (secondary N) is 1. The zero-order valence-corrected chi connectivity index (χ0v) is 14.2. The second-order valence-corrected chi connectivity index (χ2v) is 6.55. The van der Waals surface area contributed by atoms with E-state index >= 15 is 0 Å². The Hall–Kier alpha value is -2.81. The first kappa shape index (κ1) is 16.1. The number of anilines is 1. The number of benzene rings is 2. The van der Waals surface area contributed by atoms with E-state index in [1.165, 1.54) is 11.6 Å². The summed E-state index contributed by atoms with van der Waals surface area (Å²) >= 11 is 0. The Morgan fingerprint density at radius 1 is 1.12 bits per heavy atom. The summed E-state index contributed by atoms with van der Waals surface area (Å²) in [6.45, 7) is 6.33. The Morgan fingerprint density at radius 3 is 2.62 bits per heavy atom. The van der Waals surface area contributed by atoms with Crippen LogP contribution in [0.25, 0.3) is 11.6 Å². The minimum absolute atomic E-state index is 0.0757. The summed E-state index contributed by atoms with van der Waals surface area (Å²) < 4.78 is 5.42. The van der Waals surface area contributed by atoms with Gasteiger partial charge in [-0.15, -0.1) is 0 Å². The average molecular weight is 319 g/mol. The Labute approximate surface area is 142 Å². The number of rotatable bonds is 3. The van der Waals surface area contributed by atoms with Crippen molar-refractivity contribution in [3.05, 3.63) is 71.8 Å². The molecule has 0 spiro atoms. The van der Waals surface area contributed by atoms with Gasteiger partial charge in [-0.3, -0.25) is 0 Å². The van der Waals surface area contributed by atoms with Crippen molar-refractivity contribution in [1.29, 1.82) is 0 Å². The highest BCUT2D eigenvalue weighted by Gasteiger charge is 2.22. The average Bonchev–Trinajstić information content (AvgIpc) is 2.54. The Kier molecular flexibility index (Phi) is 4.26. The van der Waals surface area contributed by atoms with Crippen molar-refractivity contribution in [1.82, 2.24) is 0 Å². The zero-order valence-electron chi connectivity index (χ0n) is 14.2. The van der Waals surface area contributed by atoms with Crippen LogP contribution in [0, 0.1) is 0 Å². The molecule has 1 N–H and O–H groups in total. The summed E-state index contributed by atoms with van der Waals surface area (Å²) in [6.07, 6.45) is 5.37. The molecular formula is C21H21NO2. The molecule has 0 radical (unpaired) electrons. The number of ether oxygens (including phenoxy) is 1. The molecule has 3 rings (SSSR count). The standard InChI is InChI=1S/C21H21NO2/c1-15-14-21(2,3)22-19-11-10-17(13-18(15)19)24-20(23)12-9-16-7-5-4-6-8-16/h4-14,22H,1-3H3. The van der Waals surface area contributed by atoms with Gasteiger partial charge in [0.1, 0.15) is 5.75 Å². The van der Waals surface area contributed by atoms with Gasteiger partial charge in [0.15, 0.2) is 0 Å². The van der Waals surface area contributed by atoms with Crippen LogP contribution in [0.15, 0.2) is 60.7 Å². The quantitative estimate of drug-likeness (QED) is 0.496. The predicted octanol–water partition coefficient (Wildman–Crippen LogP) is 4.91. The van der Waals surface area contributed by atoms with E-state index in [9.17, 15) is 4.79 Å². The van der Waals surface area contributed by atoms with E-state index in [1.54, 1.807) is 6.08 Å². The van der Waals surface area contributed by atoms with Gasteiger partial charge in [-0.25, -0.2) is 4.79 Å². The van der Waals surface area contributed by atoms with Gasteiger partial charge in [-0.05, 0) is 56.2 Å². The number of carbonyl (C=O) groups excluding carboxylic acids is 1. The van der Waals surface area contributed by atoms with Crippen LogP contribution in [0.2, 0.25) is 0 Å². The van der Waals surface area contributed by atoms with Gasteiger partial charge in [0.2, 0.25) is 0 Å². The Balaban J connectivity index is 1.74. The lowest BCUT2D eigenvalue weighted by molar-refractivity contribution is -0.128. The van der Waals surface area contributed by atoms with E-state index in [4.69, 9.17) is 4.74 Å². The SMILES string of the molecule is CC1=CC(C)(C)Nc2ccc(OC(=O)C=Cc3ccccc3)cc21. The molecule has 3 heteroatoms. The molecule has 122 valence electrons. The smallest absolute Gasteiger partial charge is 0.336 e. The molecule has 1 aliphatic rings. The molecule has 0 saturated heterocycles. The van der Waals surface area contributed by atoms with Crippen LogP contribution < -0.4 is 10.1 Å². The van der Waals surface area contributed by atoms with Crippen LogP contribution in [0.5, 0.6) is 5.75 Å². The third-order valence-corrected chi connectivity index (χ3v) is 3.88. The number of allylic oxidation sites excluding steroid dienone is 1. The molecule has 2 aromatic carbocycles. The second-order valence-electron chi connectivity index (χ2n) is 6.55. The predicted molar refractivity (Wildman–Crippen MR) is 98.9 cm³/mol. The van der Waals surface area contributed by atoms with Crippen molar-refractivity contribution in [2.24, 2.45) is 0 Å². The second kappa shape index (κ2) is 6.36. The lowest BCUT2D eigenvalue weighted by atomic mass is 9.91. The number of carbonyl (C=O) groups is 1. The molecule has 0 unspecified atom stereocenters. The van der Waals surface area contributed by atoms with Gasteiger partial charge in [0.05, 0.1) is 5.54 Å². The van der Waals surface area contributed by atoms with E-state index in [0.29, 0.717) is 5.75 Å².